The van der Waals surface area contributed by atoms with Crippen LogP contribution >= 0.6 is 0 Å². The number of anilines is 2. The molecule has 0 atom stereocenters. The molecule has 3 rings (SSSR count). The SMILES string of the molecule is Cc1c(N)cccc1-c1nnc(N2CCCC2)o1. The zero-order valence-electron chi connectivity index (χ0n) is 10.4. The van der Waals surface area contributed by atoms with Gasteiger partial charge < -0.3 is 15.1 Å². The molecule has 1 saturated heterocycles. The van der Waals surface area contributed by atoms with E-state index in [9.17, 15) is 0 Å². The Hall–Kier alpha value is -2.04. The molecule has 0 spiro atoms. The van der Waals surface area contributed by atoms with Crippen molar-refractivity contribution >= 4 is 11.7 Å². The lowest BCUT2D eigenvalue weighted by Gasteiger charge is -2.10. The van der Waals surface area contributed by atoms with Crippen molar-refractivity contribution in [1.82, 2.24) is 10.2 Å². The van der Waals surface area contributed by atoms with Crippen molar-refractivity contribution in [1.29, 1.82) is 0 Å². The molecule has 0 saturated carbocycles. The maximum atomic E-state index is 5.89. The number of rotatable bonds is 2. The normalized spacial score (nSPS) is 15.3. The molecule has 0 bridgehead atoms. The van der Waals surface area contributed by atoms with Gasteiger partial charge in [0, 0.05) is 24.3 Å². The molecule has 1 aromatic heterocycles. The number of hydrogen-bond acceptors (Lipinski definition) is 5. The van der Waals surface area contributed by atoms with E-state index < -0.39 is 0 Å². The van der Waals surface area contributed by atoms with Crippen molar-refractivity contribution in [2.75, 3.05) is 23.7 Å². The number of hydrogen-bond donors (Lipinski definition) is 1. The zero-order valence-corrected chi connectivity index (χ0v) is 10.4. The van der Waals surface area contributed by atoms with Crippen molar-refractivity contribution in [2.24, 2.45) is 0 Å². The van der Waals surface area contributed by atoms with Crippen LogP contribution in [0.5, 0.6) is 0 Å². The molecule has 1 fully saturated rings. The molecular formula is C13H16N4O. The summed E-state index contributed by atoms with van der Waals surface area (Å²) in [5, 5.41) is 8.23. The Balaban J connectivity index is 1.95. The third-order valence-electron chi connectivity index (χ3n) is 3.40. The highest BCUT2D eigenvalue weighted by Crippen LogP contribution is 2.28. The standard InChI is InChI=1S/C13H16N4O/c1-9-10(5-4-6-11(9)14)12-15-16-13(18-12)17-7-2-3-8-17/h4-6H,2-3,7-8,14H2,1H3. The Morgan fingerprint density at radius 2 is 2.00 bits per heavy atom. The number of nitrogen functional groups attached to an aromatic ring is 1. The highest BCUT2D eigenvalue weighted by atomic mass is 16.4. The molecule has 2 aromatic rings. The van der Waals surface area contributed by atoms with E-state index in [-0.39, 0.29) is 0 Å². The van der Waals surface area contributed by atoms with Gasteiger partial charge in [-0.25, -0.2) is 0 Å². The Kier molecular flexibility index (Phi) is 2.66. The summed E-state index contributed by atoms with van der Waals surface area (Å²) in [6.45, 7) is 3.96. The van der Waals surface area contributed by atoms with Gasteiger partial charge in [-0.05, 0) is 37.5 Å². The fourth-order valence-corrected chi connectivity index (χ4v) is 2.25. The predicted molar refractivity (Wildman–Crippen MR) is 70.3 cm³/mol. The molecule has 0 radical (unpaired) electrons. The first-order valence-corrected chi connectivity index (χ1v) is 6.19. The van der Waals surface area contributed by atoms with E-state index in [1.165, 1.54) is 12.8 Å². The molecule has 1 aliphatic heterocycles. The third kappa shape index (κ3) is 1.81. The second-order valence-electron chi connectivity index (χ2n) is 4.60. The summed E-state index contributed by atoms with van der Waals surface area (Å²) in [5.74, 6) is 0.543. The lowest BCUT2D eigenvalue weighted by molar-refractivity contribution is 0.557. The van der Waals surface area contributed by atoms with Crippen LogP contribution in [-0.2, 0) is 0 Å². The van der Waals surface area contributed by atoms with Crippen molar-refractivity contribution in [3.8, 4) is 11.5 Å². The lowest BCUT2D eigenvalue weighted by Crippen LogP contribution is -2.17. The third-order valence-corrected chi connectivity index (χ3v) is 3.40. The summed E-state index contributed by atoms with van der Waals surface area (Å²) >= 11 is 0. The van der Waals surface area contributed by atoms with E-state index in [0.717, 1.165) is 29.9 Å². The fraction of sp³-hybridized carbons (Fsp3) is 0.385. The summed E-state index contributed by atoms with van der Waals surface area (Å²) in [6, 6.07) is 6.34. The Labute approximate surface area is 106 Å². The van der Waals surface area contributed by atoms with Gasteiger partial charge in [0.15, 0.2) is 0 Å². The Morgan fingerprint density at radius 3 is 2.78 bits per heavy atom. The van der Waals surface area contributed by atoms with E-state index in [2.05, 4.69) is 15.1 Å². The zero-order chi connectivity index (χ0) is 12.5. The molecular weight excluding hydrogens is 228 g/mol. The van der Waals surface area contributed by atoms with Crippen LogP contribution in [0.2, 0.25) is 0 Å². The van der Waals surface area contributed by atoms with Gasteiger partial charge in [-0.15, -0.1) is 5.10 Å². The van der Waals surface area contributed by atoms with Crippen molar-refractivity contribution in [3.63, 3.8) is 0 Å². The monoisotopic (exact) mass is 244 g/mol. The Bertz CT molecular complexity index is 558. The van der Waals surface area contributed by atoms with Crippen LogP contribution < -0.4 is 10.6 Å². The van der Waals surface area contributed by atoms with Crippen LogP contribution in [0.1, 0.15) is 18.4 Å². The second-order valence-corrected chi connectivity index (χ2v) is 4.60. The van der Waals surface area contributed by atoms with Gasteiger partial charge >= 0.3 is 6.01 Å². The molecule has 5 heteroatoms. The largest absolute Gasteiger partial charge is 0.403 e. The van der Waals surface area contributed by atoms with E-state index in [4.69, 9.17) is 10.2 Å². The minimum Gasteiger partial charge on any atom is -0.403 e. The predicted octanol–water partition coefficient (Wildman–Crippen LogP) is 2.23. The van der Waals surface area contributed by atoms with Crippen molar-refractivity contribution in [3.05, 3.63) is 23.8 Å². The van der Waals surface area contributed by atoms with E-state index in [1.54, 1.807) is 0 Å². The molecule has 18 heavy (non-hydrogen) atoms. The summed E-state index contributed by atoms with van der Waals surface area (Å²) in [5.41, 5.74) is 8.52. The summed E-state index contributed by atoms with van der Waals surface area (Å²) in [6.07, 6.45) is 2.38. The highest BCUT2D eigenvalue weighted by molar-refractivity contribution is 5.66. The lowest BCUT2D eigenvalue weighted by atomic mass is 10.1. The summed E-state index contributed by atoms with van der Waals surface area (Å²) in [7, 11) is 0. The van der Waals surface area contributed by atoms with E-state index in [0.29, 0.717) is 11.9 Å². The van der Waals surface area contributed by atoms with Crippen LogP contribution in [0.15, 0.2) is 22.6 Å². The molecule has 94 valence electrons. The first kappa shape index (κ1) is 11.1. The fourth-order valence-electron chi connectivity index (χ4n) is 2.25. The minimum absolute atomic E-state index is 0.543. The molecule has 1 aromatic carbocycles. The van der Waals surface area contributed by atoms with Gasteiger partial charge in [0.25, 0.3) is 0 Å². The molecule has 2 heterocycles. The summed E-state index contributed by atoms with van der Waals surface area (Å²) < 4.78 is 5.74. The molecule has 0 amide bonds. The molecule has 2 N–H and O–H groups in total. The molecule has 5 nitrogen and oxygen atoms in total. The molecule has 1 aliphatic rings. The first-order valence-electron chi connectivity index (χ1n) is 6.19. The smallest absolute Gasteiger partial charge is 0.318 e. The van der Waals surface area contributed by atoms with Crippen molar-refractivity contribution in [2.45, 2.75) is 19.8 Å². The van der Waals surface area contributed by atoms with Gasteiger partial charge in [-0.1, -0.05) is 11.2 Å². The quantitative estimate of drug-likeness (QED) is 0.820. The highest BCUT2D eigenvalue weighted by Gasteiger charge is 2.19. The van der Waals surface area contributed by atoms with Gasteiger partial charge in [-0.2, -0.15) is 0 Å². The minimum atomic E-state index is 0.543. The van der Waals surface area contributed by atoms with Crippen LogP contribution in [0, 0.1) is 6.92 Å². The van der Waals surface area contributed by atoms with Gasteiger partial charge in [0.05, 0.1) is 0 Å². The number of nitrogens with zero attached hydrogens (tertiary/aromatic N) is 3. The van der Waals surface area contributed by atoms with Crippen molar-refractivity contribution < 1.29 is 4.42 Å². The maximum Gasteiger partial charge on any atom is 0.318 e. The van der Waals surface area contributed by atoms with Gasteiger partial charge in [-0.3, -0.25) is 0 Å². The number of benzene rings is 1. The molecule has 0 aliphatic carbocycles. The Morgan fingerprint density at radius 1 is 1.22 bits per heavy atom. The van der Waals surface area contributed by atoms with Gasteiger partial charge in [0.1, 0.15) is 0 Å². The van der Waals surface area contributed by atoms with E-state index in [1.807, 2.05) is 25.1 Å². The maximum absolute atomic E-state index is 5.89. The topological polar surface area (TPSA) is 68.2 Å². The van der Waals surface area contributed by atoms with E-state index >= 15 is 0 Å². The average molecular weight is 244 g/mol. The average Bonchev–Trinajstić information content (AvgIpc) is 3.01. The van der Waals surface area contributed by atoms with Crippen LogP contribution in [0.25, 0.3) is 11.5 Å². The molecule has 0 unspecified atom stereocenters. The first-order chi connectivity index (χ1) is 8.75. The van der Waals surface area contributed by atoms with Gasteiger partial charge in [0.2, 0.25) is 5.89 Å². The number of nitrogens with two attached hydrogens (primary N) is 1. The van der Waals surface area contributed by atoms with Crippen LogP contribution in [0.3, 0.4) is 0 Å². The van der Waals surface area contributed by atoms with Crippen LogP contribution in [0.4, 0.5) is 11.7 Å². The second kappa shape index (κ2) is 4.33. The van der Waals surface area contributed by atoms with Crippen LogP contribution in [-0.4, -0.2) is 23.3 Å². The number of aromatic nitrogens is 2. The summed E-state index contributed by atoms with van der Waals surface area (Å²) in [4.78, 5) is 2.12.